The van der Waals surface area contributed by atoms with Crippen LogP contribution in [0.15, 0.2) is 24.4 Å². The molecular formula is C22H31N3O4. The van der Waals surface area contributed by atoms with Crippen molar-refractivity contribution in [2.45, 2.75) is 51.0 Å². The number of hydrogen-bond acceptors (Lipinski definition) is 5. The van der Waals surface area contributed by atoms with Gasteiger partial charge in [-0.2, -0.15) is 0 Å². The van der Waals surface area contributed by atoms with Gasteiger partial charge in [0.1, 0.15) is 11.4 Å². The Hall–Kier alpha value is -2.54. The van der Waals surface area contributed by atoms with E-state index in [1.54, 1.807) is 6.07 Å². The van der Waals surface area contributed by atoms with Crippen molar-refractivity contribution < 1.29 is 19.1 Å². The van der Waals surface area contributed by atoms with Crippen LogP contribution in [-0.4, -0.2) is 54.7 Å². The van der Waals surface area contributed by atoms with Crippen LogP contribution in [-0.2, 0) is 16.0 Å². The van der Waals surface area contributed by atoms with E-state index in [2.05, 4.69) is 15.2 Å². The van der Waals surface area contributed by atoms with E-state index < -0.39 is 11.7 Å². The molecule has 158 valence electrons. The predicted octanol–water partition coefficient (Wildman–Crippen LogP) is 3.63. The van der Waals surface area contributed by atoms with Crippen LogP contribution < -0.4 is 10.1 Å². The van der Waals surface area contributed by atoms with E-state index in [-0.39, 0.29) is 12.5 Å². The number of aromatic amines is 1. The number of H-pyrrole nitrogens is 1. The number of nitrogens with one attached hydrogen (secondary N) is 2. The van der Waals surface area contributed by atoms with Gasteiger partial charge in [-0.3, -0.25) is 4.79 Å². The molecular weight excluding hydrogens is 370 g/mol. The largest absolute Gasteiger partial charge is 0.457 e. The van der Waals surface area contributed by atoms with Gasteiger partial charge in [0.25, 0.3) is 0 Å². The van der Waals surface area contributed by atoms with Crippen molar-refractivity contribution in [2.24, 2.45) is 0 Å². The van der Waals surface area contributed by atoms with Gasteiger partial charge in [0.05, 0.1) is 6.54 Å². The summed E-state index contributed by atoms with van der Waals surface area (Å²) in [4.78, 5) is 29.4. The number of benzene rings is 1. The summed E-state index contributed by atoms with van der Waals surface area (Å²) in [5.74, 6) is 0.213. The van der Waals surface area contributed by atoms with Gasteiger partial charge in [0.2, 0.25) is 0 Å². The Morgan fingerprint density at radius 3 is 2.66 bits per heavy atom. The van der Waals surface area contributed by atoms with Gasteiger partial charge < -0.3 is 24.7 Å². The Morgan fingerprint density at radius 1 is 1.21 bits per heavy atom. The minimum atomic E-state index is -0.625. The first kappa shape index (κ1) is 21.2. The zero-order chi connectivity index (χ0) is 20.9. The highest BCUT2D eigenvalue weighted by atomic mass is 16.6. The molecule has 7 heteroatoms. The molecule has 0 saturated heterocycles. The summed E-state index contributed by atoms with van der Waals surface area (Å²) >= 11 is 0. The summed E-state index contributed by atoms with van der Waals surface area (Å²) < 4.78 is 11.2. The summed E-state index contributed by atoms with van der Waals surface area (Å²) in [6, 6.07) is 5.63. The van der Waals surface area contributed by atoms with Crippen molar-refractivity contribution in [1.29, 1.82) is 0 Å². The van der Waals surface area contributed by atoms with Crippen molar-refractivity contribution >= 4 is 23.0 Å². The number of carbonyl (C=O) groups is 2. The standard InChI is InChI=1S/C22H31N3O4/c1-16(26)29-22(11-5-4-6-12-22)15-24-21(27)28-19-9-7-8-18-20(19)17(14-23-18)10-13-25(2)3/h7-9,14,23H,4-6,10-13,15H2,1-3H3,(H,24,27). The van der Waals surface area contributed by atoms with Gasteiger partial charge in [-0.25, -0.2) is 4.79 Å². The Kier molecular flexibility index (Phi) is 6.79. The SMILES string of the molecule is CC(=O)OC1(CNC(=O)Oc2cccc3[nH]cc(CCN(C)C)c23)CCCCC1. The number of hydrogen-bond donors (Lipinski definition) is 2. The first-order chi connectivity index (χ1) is 13.9. The van der Waals surface area contributed by atoms with E-state index >= 15 is 0 Å². The zero-order valence-electron chi connectivity index (χ0n) is 17.5. The fourth-order valence-corrected chi connectivity index (χ4v) is 4.03. The van der Waals surface area contributed by atoms with E-state index in [0.29, 0.717) is 5.75 Å². The maximum absolute atomic E-state index is 12.5. The average molecular weight is 402 g/mol. The summed E-state index contributed by atoms with van der Waals surface area (Å²) in [7, 11) is 4.06. The summed E-state index contributed by atoms with van der Waals surface area (Å²) in [6.45, 7) is 2.58. The van der Waals surface area contributed by atoms with E-state index in [9.17, 15) is 9.59 Å². The molecule has 1 heterocycles. The van der Waals surface area contributed by atoms with Crippen LogP contribution in [0.5, 0.6) is 5.75 Å². The highest BCUT2D eigenvalue weighted by Gasteiger charge is 2.35. The van der Waals surface area contributed by atoms with Gasteiger partial charge in [0.15, 0.2) is 0 Å². The first-order valence-electron chi connectivity index (χ1n) is 10.3. The molecule has 1 aliphatic carbocycles. The third-order valence-electron chi connectivity index (χ3n) is 5.46. The average Bonchev–Trinajstić information content (AvgIpc) is 3.09. The molecule has 1 amide bonds. The number of ether oxygens (including phenoxy) is 2. The van der Waals surface area contributed by atoms with Crippen molar-refractivity contribution in [2.75, 3.05) is 27.2 Å². The van der Waals surface area contributed by atoms with E-state index in [4.69, 9.17) is 9.47 Å². The number of fused-ring (bicyclic) bond motifs is 1. The molecule has 0 radical (unpaired) electrons. The number of esters is 1. The topological polar surface area (TPSA) is 83.7 Å². The van der Waals surface area contributed by atoms with Crippen molar-refractivity contribution in [3.05, 3.63) is 30.0 Å². The Labute approximate surface area is 171 Å². The van der Waals surface area contributed by atoms with Crippen LogP contribution in [0.3, 0.4) is 0 Å². The van der Waals surface area contributed by atoms with Crippen molar-refractivity contribution in [1.82, 2.24) is 15.2 Å². The third-order valence-corrected chi connectivity index (χ3v) is 5.46. The Balaban J connectivity index is 1.69. The molecule has 2 aromatic rings. The molecule has 1 aromatic carbocycles. The van der Waals surface area contributed by atoms with Crippen molar-refractivity contribution in [3.63, 3.8) is 0 Å². The summed E-state index contributed by atoms with van der Waals surface area (Å²) in [5, 5.41) is 3.74. The van der Waals surface area contributed by atoms with Gasteiger partial charge in [-0.15, -0.1) is 0 Å². The molecule has 0 spiro atoms. The van der Waals surface area contributed by atoms with E-state index in [1.807, 2.05) is 32.4 Å². The maximum atomic E-state index is 12.5. The number of aromatic nitrogens is 1. The molecule has 3 rings (SSSR count). The number of amides is 1. The van der Waals surface area contributed by atoms with E-state index in [1.165, 1.54) is 6.92 Å². The molecule has 0 unspecified atom stereocenters. The monoisotopic (exact) mass is 401 g/mol. The number of likely N-dealkylation sites (N-methyl/N-ethyl adjacent to an activating group) is 1. The second-order valence-corrected chi connectivity index (χ2v) is 8.13. The molecule has 2 N–H and O–H groups in total. The zero-order valence-corrected chi connectivity index (χ0v) is 17.5. The Bertz CT molecular complexity index is 853. The molecule has 7 nitrogen and oxygen atoms in total. The van der Waals surface area contributed by atoms with Gasteiger partial charge in [-0.1, -0.05) is 12.5 Å². The minimum absolute atomic E-state index is 0.266. The minimum Gasteiger partial charge on any atom is -0.457 e. The van der Waals surface area contributed by atoms with Crippen LogP contribution in [0.25, 0.3) is 10.9 Å². The second kappa shape index (κ2) is 9.31. The molecule has 0 bridgehead atoms. The lowest BCUT2D eigenvalue weighted by Gasteiger charge is -2.36. The number of nitrogens with zero attached hydrogens (tertiary/aromatic N) is 1. The van der Waals surface area contributed by atoms with Crippen LogP contribution >= 0.6 is 0 Å². The summed E-state index contributed by atoms with van der Waals surface area (Å²) in [5.41, 5.74) is 1.42. The molecule has 1 aromatic heterocycles. The maximum Gasteiger partial charge on any atom is 0.412 e. The lowest BCUT2D eigenvalue weighted by molar-refractivity contribution is -0.159. The normalized spacial score (nSPS) is 16.0. The third kappa shape index (κ3) is 5.50. The fourth-order valence-electron chi connectivity index (χ4n) is 4.03. The van der Waals surface area contributed by atoms with Crippen molar-refractivity contribution in [3.8, 4) is 5.75 Å². The quantitative estimate of drug-likeness (QED) is 0.692. The van der Waals surface area contributed by atoms with Crippen LogP contribution in [0.2, 0.25) is 0 Å². The predicted molar refractivity (Wildman–Crippen MR) is 112 cm³/mol. The molecule has 0 atom stereocenters. The van der Waals surface area contributed by atoms with E-state index in [0.717, 1.165) is 61.5 Å². The number of rotatable bonds is 7. The van der Waals surface area contributed by atoms with Gasteiger partial charge >= 0.3 is 12.1 Å². The highest BCUT2D eigenvalue weighted by Crippen LogP contribution is 2.32. The lowest BCUT2D eigenvalue weighted by atomic mass is 9.84. The molecule has 29 heavy (non-hydrogen) atoms. The molecule has 1 saturated carbocycles. The molecule has 1 aliphatic rings. The molecule has 0 aliphatic heterocycles. The smallest absolute Gasteiger partial charge is 0.412 e. The van der Waals surface area contributed by atoms with Crippen LogP contribution in [0, 0.1) is 0 Å². The fraction of sp³-hybridized carbons (Fsp3) is 0.545. The second-order valence-electron chi connectivity index (χ2n) is 8.13. The first-order valence-corrected chi connectivity index (χ1v) is 10.3. The molecule has 1 fully saturated rings. The highest BCUT2D eigenvalue weighted by molar-refractivity contribution is 5.91. The Morgan fingerprint density at radius 2 is 1.97 bits per heavy atom. The lowest BCUT2D eigenvalue weighted by Crippen LogP contribution is -2.48. The van der Waals surface area contributed by atoms with Crippen LogP contribution in [0.4, 0.5) is 4.79 Å². The summed E-state index contributed by atoms with van der Waals surface area (Å²) in [6.07, 6.45) is 6.91. The van der Waals surface area contributed by atoms with Crippen LogP contribution in [0.1, 0.15) is 44.6 Å². The van der Waals surface area contributed by atoms with Gasteiger partial charge in [0, 0.05) is 30.6 Å². The number of carbonyl (C=O) groups excluding carboxylic acids is 2. The van der Waals surface area contributed by atoms with Gasteiger partial charge in [-0.05, 0) is 63.9 Å².